The largest absolute Gasteiger partial charge is 0.488 e. The van der Waals surface area contributed by atoms with Crippen molar-refractivity contribution in [2.45, 2.75) is 13.2 Å². The number of hydrogen-bond donors (Lipinski definition) is 0. The monoisotopic (exact) mass is 343 g/mol. The third-order valence-corrected chi connectivity index (χ3v) is 3.80. The van der Waals surface area contributed by atoms with Gasteiger partial charge in [-0.25, -0.2) is 4.79 Å². The van der Waals surface area contributed by atoms with Gasteiger partial charge in [-0.15, -0.1) is 0 Å². The van der Waals surface area contributed by atoms with E-state index in [2.05, 4.69) is 6.07 Å². The van der Waals surface area contributed by atoms with Crippen LogP contribution in [-0.4, -0.2) is 5.97 Å². The first kappa shape index (κ1) is 17.2. The Morgan fingerprint density at radius 2 is 1.46 bits per heavy atom. The van der Waals surface area contributed by atoms with Gasteiger partial charge in [0.25, 0.3) is 0 Å². The lowest BCUT2D eigenvalue weighted by Gasteiger charge is -2.11. The fourth-order valence-electron chi connectivity index (χ4n) is 2.40. The molecule has 0 radical (unpaired) electrons. The van der Waals surface area contributed by atoms with Crippen molar-refractivity contribution in [2.75, 3.05) is 0 Å². The molecule has 26 heavy (non-hydrogen) atoms. The number of ether oxygens (including phenoxy) is 2. The third kappa shape index (κ3) is 4.49. The fourth-order valence-corrected chi connectivity index (χ4v) is 2.40. The molecule has 4 nitrogen and oxygen atoms in total. The van der Waals surface area contributed by atoms with Crippen molar-refractivity contribution in [3.63, 3.8) is 0 Å². The number of para-hydroxylation sites is 1. The minimum atomic E-state index is -0.446. The van der Waals surface area contributed by atoms with Crippen LogP contribution in [0.1, 0.15) is 27.0 Å². The molecule has 4 heteroatoms. The van der Waals surface area contributed by atoms with Crippen molar-refractivity contribution < 1.29 is 14.3 Å². The smallest absolute Gasteiger partial charge is 0.342 e. The molecule has 0 spiro atoms. The van der Waals surface area contributed by atoms with Gasteiger partial charge in [0.2, 0.25) is 0 Å². The number of esters is 1. The average molecular weight is 343 g/mol. The summed E-state index contributed by atoms with van der Waals surface area (Å²) in [4.78, 5) is 12.4. The Morgan fingerprint density at radius 3 is 2.19 bits per heavy atom. The molecular weight excluding hydrogens is 326 g/mol. The van der Waals surface area contributed by atoms with Gasteiger partial charge in [0, 0.05) is 0 Å². The number of carbonyl (C=O) groups is 1. The minimum absolute atomic E-state index is 0.136. The Bertz CT molecular complexity index is 912. The third-order valence-electron chi connectivity index (χ3n) is 3.80. The molecule has 128 valence electrons. The van der Waals surface area contributed by atoms with Gasteiger partial charge in [-0.1, -0.05) is 54.6 Å². The van der Waals surface area contributed by atoms with Crippen LogP contribution in [-0.2, 0) is 18.0 Å². The van der Waals surface area contributed by atoms with Crippen LogP contribution in [0.5, 0.6) is 5.75 Å². The van der Waals surface area contributed by atoms with Crippen molar-refractivity contribution in [3.8, 4) is 11.8 Å². The molecule has 0 bridgehead atoms. The first-order chi connectivity index (χ1) is 12.8. The summed E-state index contributed by atoms with van der Waals surface area (Å²) in [6.07, 6.45) is 0. The van der Waals surface area contributed by atoms with Crippen LogP contribution in [0.4, 0.5) is 0 Å². The van der Waals surface area contributed by atoms with Gasteiger partial charge in [-0.2, -0.15) is 5.26 Å². The van der Waals surface area contributed by atoms with E-state index < -0.39 is 5.97 Å². The highest BCUT2D eigenvalue weighted by atomic mass is 16.5. The van der Waals surface area contributed by atoms with E-state index >= 15 is 0 Å². The molecule has 0 atom stereocenters. The molecular formula is C22H17NO3. The van der Waals surface area contributed by atoms with Crippen LogP contribution in [0.2, 0.25) is 0 Å². The highest BCUT2D eigenvalue weighted by Gasteiger charge is 2.14. The maximum Gasteiger partial charge on any atom is 0.342 e. The zero-order valence-corrected chi connectivity index (χ0v) is 14.1. The maximum absolute atomic E-state index is 12.4. The van der Waals surface area contributed by atoms with Crippen LogP contribution < -0.4 is 4.74 Å². The van der Waals surface area contributed by atoms with Crippen molar-refractivity contribution in [2.24, 2.45) is 0 Å². The number of hydrogen-bond acceptors (Lipinski definition) is 4. The maximum atomic E-state index is 12.4. The van der Waals surface area contributed by atoms with Crippen LogP contribution in [0, 0.1) is 11.3 Å². The van der Waals surface area contributed by atoms with Crippen molar-refractivity contribution in [1.29, 1.82) is 5.26 Å². The minimum Gasteiger partial charge on any atom is -0.488 e. The highest BCUT2D eigenvalue weighted by molar-refractivity contribution is 5.92. The predicted octanol–water partition coefficient (Wildman–Crippen LogP) is 4.49. The first-order valence-corrected chi connectivity index (χ1v) is 8.18. The molecule has 0 fully saturated rings. The van der Waals surface area contributed by atoms with E-state index in [0.717, 1.165) is 11.1 Å². The van der Waals surface area contributed by atoms with Crippen molar-refractivity contribution in [3.05, 3.63) is 101 Å². The molecule has 0 unspecified atom stereocenters. The number of nitriles is 1. The van der Waals surface area contributed by atoms with Crippen molar-refractivity contribution in [1.82, 2.24) is 0 Å². The van der Waals surface area contributed by atoms with Crippen LogP contribution in [0.25, 0.3) is 0 Å². The lowest BCUT2D eigenvalue weighted by atomic mass is 10.1. The normalized spacial score (nSPS) is 9.96. The molecule has 0 saturated carbocycles. The second kappa shape index (κ2) is 8.50. The molecule has 0 aliphatic rings. The van der Waals surface area contributed by atoms with Crippen LogP contribution in [0.15, 0.2) is 78.9 Å². The summed E-state index contributed by atoms with van der Waals surface area (Å²) >= 11 is 0. The molecule has 0 aliphatic carbocycles. The Morgan fingerprint density at radius 1 is 0.808 bits per heavy atom. The predicted molar refractivity (Wildman–Crippen MR) is 97.5 cm³/mol. The van der Waals surface area contributed by atoms with Crippen LogP contribution >= 0.6 is 0 Å². The van der Waals surface area contributed by atoms with E-state index in [1.807, 2.05) is 36.4 Å². The van der Waals surface area contributed by atoms with E-state index in [9.17, 15) is 4.79 Å². The fraction of sp³-hybridized carbons (Fsp3) is 0.0909. The number of nitrogens with zero attached hydrogens (tertiary/aromatic N) is 1. The van der Waals surface area contributed by atoms with Gasteiger partial charge in [0.15, 0.2) is 0 Å². The van der Waals surface area contributed by atoms with E-state index in [4.69, 9.17) is 14.7 Å². The molecule has 0 aliphatic heterocycles. The topological polar surface area (TPSA) is 59.3 Å². The summed E-state index contributed by atoms with van der Waals surface area (Å²) in [6, 6.07) is 25.8. The van der Waals surface area contributed by atoms with E-state index in [0.29, 0.717) is 23.5 Å². The Balaban J connectivity index is 1.64. The number of rotatable bonds is 6. The van der Waals surface area contributed by atoms with Gasteiger partial charge in [-0.3, -0.25) is 0 Å². The molecule has 0 heterocycles. The van der Waals surface area contributed by atoms with E-state index in [1.165, 1.54) is 0 Å². The van der Waals surface area contributed by atoms with E-state index in [-0.39, 0.29) is 6.61 Å². The van der Waals surface area contributed by atoms with Crippen LogP contribution in [0.3, 0.4) is 0 Å². The van der Waals surface area contributed by atoms with Gasteiger partial charge < -0.3 is 9.47 Å². The van der Waals surface area contributed by atoms with Gasteiger partial charge >= 0.3 is 5.97 Å². The summed E-state index contributed by atoms with van der Waals surface area (Å²) in [7, 11) is 0. The summed E-state index contributed by atoms with van der Waals surface area (Å²) < 4.78 is 11.2. The summed E-state index contributed by atoms with van der Waals surface area (Å²) in [5, 5.41) is 8.81. The molecule has 3 aromatic carbocycles. The second-order valence-electron chi connectivity index (χ2n) is 5.66. The van der Waals surface area contributed by atoms with Gasteiger partial charge in [-0.05, 0) is 35.4 Å². The lowest BCUT2D eigenvalue weighted by molar-refractivity contribution is 0.0467. The van der Waals surface area contributed by atoms with Crippen molar-refractivity contribution >= 4 is 5.97 Å². The highest BCUT2D eigenvalue weighted by Crippen LogP contribution is 2.21. The Hall–Kier alpha value is -3.58. The molecule has 3 aromatic rings. The summed E-state index contributed by atoms with van der Waals surface area (Å²) in [5.74, 6) is 0.0409. The summed E-state index contributed by atoms with van der Waals surface area (Å²) in [6.45, 7) is 0.512. The first-order valence-electron chi connectivity index (χ1n) is 8.18. The number of carbonyl (C=O) groups excluding carboxylic acids is 1. The quantitative estimate of drug-likeness (QED) is 0.619. The molecule has 0 saturated heterocycles. The lowest BCUT2D eigenvalue weighted by Crippen LogP contribution is -2.08. The second-order valence-corrected chi connectivity index (χ2v) is 5.66. The summed E-state index contributed by atoms with van der Waals surface area (Å²) in [5.41, 5.74) is 2.80. The Labute approximate surface area is 152 Å². The average Bonchev–Trinajstić information content (AvgIpc) is 2.72. The molecule has 0 N–H and O–H groups in total. The number of benzene rings is 3. The molecule has 0 amide bonds. The van der Waals surface area contributed by atoms with Gasteiger partial charge in [0.1, 0.15) is 24.5 Å². The molecule has 3 rings (SSSR count). The standard InChI is InChI=1S/C22H17NO3/c23-14-17-10-12-19(13-11-17)16-26-22(24)20-8-4-5-9-21(20)25-15-18-6-2-1-3-7-18/h1-13H,15-16H2. The van der Waals surface area contributed by atoms with E-state index in [1.54, 1.807) is 42.5 Å². The zero-order valence-electron chi connectivity index (χ0n) is 14.1. The SMILES string of the molecule is N#Cc1ccc(COC(=O)c2ccccc2OCc2ccccc2)cc1. The Kier molecular flexibility index (Phi) is 5.64. The van der Waals surface area contributed by atoms with Gasteiger partial charge in [0.05, 0.1) is 11.6 Å². The zero-order chi connectivity index (χ0) is 18.2. The molecule has 0 aromatic heterocycles.